The lowest BCUT2D eigenvalue weighted by Gasteiger charge is -2.61. The second-order valence-electron chi connectivity index (χ2n) is 21.5. The van der Waals surface area contributed by atoms with Crippen molar-refractivity contribution in [2.45, 2.75) is 209 Å². The van der Waals surface area contributed by atoms with Crippen molar-refractivity contribution in [3.63, 3.8) is 0 Å². The van der Waals surface area contributed by atoms with E-state index in [9.17, 15) is 46.0 Å². The van der Waals surface area contributed by atoms with Crippen LogP contribution in [-0.2, 0) is 37.9 Å². The van der Waals surface area contributed by atoms with Crippen molar-refractivity contribution in [3.8, 4) is 0 Å². The molecule has 0 aromatic heterocycles. The fraction of sp³-hybridized carbons (Fsp3) is 1.00. The van der Waals surface area contributed by atoms with E-state index in [1.54, 1.807) is 0 Å². The van der Waals surface area contributed by atoms with Gasteiger partial charge in [0.05, 0.1) is 38.1 Å². The highest BCUT2D eigenvalue weighted by atomic mass is 16.8. The van der Waals surface area contributed by atoms with Crippen LogP contribution in [0.2, 0.25) is 0 Å². The van der Waals surface area contributed by atoms with Gasteiger partial charge >= 0.3 is 0 Å². The fourth-order valence-electron chi connectivity index (χ4n) is 14.6. The zero-order valence-electron chi connectivity index (χ0n) is 36.8. The van der Waals surface area contributed by atoms with Crippen LogP contribution in [0.3, 0.4) is 0 Å². The van der Waals surface area contributed by atoms with Gasteiger partial charge in [-0.2, -0.15) is 0 Å². The summed E-state index contributed by atoms with van der Waals surface area (Å²) in [5.74, 6) is 3.15. The van der Waals surface area contributed by atoms with Gasteiger partial charge in [0.2, 0.25) is 0 Å². The van der Waals surface area contributed by atoms with E-state index in [1.807, 2.05) is 0 Å². The second kappa shape index (κ2) is 17.4. The Morgan fingerprint density at radius 2 is 1.24 bits per heavy atom. The van der Waals surface area contributed by atoms with E-state index < -0.39 is 111 Å². The van der Waals surface area contributed by atoms with Crippen LogP contribution in [0, 0.1) is 52.3 Å². The Bertz CT molecular complexity index is 1550. The molecule has 5 saturated heterocycles. The van der Waals surface area contributed by atoms with Gasteiger partial charge in [0.15, 0.2) is 24.7 Å². The van der Waals surface area contributed by atoms with E-state index in [0.717, 1.165) is 51.6 Å². The molecule has 0 radical (unpaired) electrons. The van der Waals surface area contributed by atoms with Crippen molar-refractivity contribution in [1.29, 1.82) is 0 Å². The highest BCUT2D eigenvalue weighted by molar-refractivity contribution is 5.15. The van der Waals surface area contributed by atoms with Crippen molar-refractivity contribution in [2.24, 2.45) is 52.3 Å². The monoisotopic (exact) mass is 886 g/mol. The average molecular weight is 887 g/mol. The third-order valence-electron chi connectivity index (χ3n) is 18.2. The predicted molar refractivity (Wildman–Crippen MR) is 214 cm³/mol. The summed E-state index contributed by atoms with van der Waals surface area (Å²) < 4.78 is 50.0. The van der Waals surface area contributed by atoms with E-state index in [4.69, 9.17) is 37.9 Å². The molecule has 17 nitrogen and oxygen atoms in total. The van der Waals surface area contributed by atoms with Gasteiger partial charge in [-0.15, -0.1) is 0 Å². The molecule has 9 rings (SSSR count). The molecule has 356 valence electrons. The van der Waals surface area contributed by atoms with Gasteiger partial charge in [-0.25, -0.2) is 0 Å². The molecule has 9 N–H and O–H groups in total. The average Bonchev–Trinajstić information content (AvgIpc) is 3.70. The molecular formula is C45H74O17. The summed E-state index contributed by atoms with van der Waals surface area (Å²) in [6.07, 6.45) is -12.7. The number of hydrogen-bond donors (Lipinski definition) is 9. The minimum atomic E-state index is -1.81. The third kappa shape index (κ3) is 7.56. The van der Waals surface area contributed by atoms with Crippen LogP contribution in [0.4, 0.5) is 0 Å². The van der Waals surface area contributed by atoms with Crippen LogP contribution in [0.5, 0.6) is 0 Å². The predicted octanol–water partition coefficient (Wildman–Crippen LogP) is 0.294. The summed E-state index contributed by atoms with van der Waals surface area (Å²) >= 11 is 0. The summed E-state index contributed by atoms with van der Waals surface area (Å²) in [7, 11) is 0. The zero-order chi connectivity index (χ0) is 44.2. The molecule has 4 saturated carbocycles. The van der Waals surface area contributed by atoms with Crippen LogP contribution < -0.4 is 0 Å². The third-order valence-corrected chi connectivity index (χ3v) is 18.2. The highest BCUT2D eigenvalue weighted by Crippen LogP contribution is 2.71. The SMILES string of the molecule is C[C@H]1CC[C@@]2(OC1)O[C@H]1C[C@@H]3[C@@H]4CC[C@@H]5C[C@@H](O[C@@H]6O[C@H](CO)[C@@H](O[C@@H]7O[C@@H](C)[C@H](O)[C@@H](O)[C@H]7O)[C@H](O)[C@H]6O[C@@H]6O[C@H](CO)[C@@H](O)[C@H](O)[C@H]6O)CC[C@]5(C)[C@@H]4CC[C@]3(C)[C@H]1[C@@H]2C. The summed E-state index contributed by atoms with van der Waals surface area (Å²) in [5.41, 5.74) is 0.311. The topological polar surface area (TPSA) is 256 Å². The Hall–Kier alpha value is -0.680. The number of aliphatic hydroxyl groups is 9. The van der Waals surface area contributed by atoms with Crippen LogP contribution in [0.25, 0.3) is 0 Å². The Balaban J connectivity index is 0.902. The molecule has 0 amide bonds. The number of rotatable bonds is 8. The molecule has 62 heavy (non-hydrogen) atoms. The first-order valence-electron chi connectivity index (χ1n) is 23.7. The fourth-order valence-corrected chi connectivity index (χ4v) is 14.6. The Labute approximate surface area is 364 Å². The first-order chi connectivity index (χ1) is 29.4. The van der Waals surface area contributed by atoms with Crippen molar-refractivity contribution in [3.05, 3.63) is 0 Å². The van der Waals surface area contributed by atoms with Gasteiger partial charge in [-0.1, -0.05) is 27.7 Å². The van der Waals surface area contributed by atoms with Crippen LogP contribution in [0.15, 0.2) is 0 Å². The van der Waals surface area contributed by atoms with E-state index in [2.05, 4.69) is 27.7 Å². The molecule has 0 aromatic rings. The maximum Gasteiger partial charge on any atom is 0.187 e. The lowest BCUT2D eigenvalue weighted by molar-refractivity contribution is -0.391. The van der Waals surface area contributed by atoms with Crippen LogP contribution in [-0.4, -0.2) is 176 Å². The van der Waals surface area contributed by atoms with Crippen LogP contribution in [0.1, 0.15) is 98.8 Å². The normalized spacial score (nSPS) is 58.9. The number of hydrogen-bond acceptors (Lipinski definition) is 17. The molecule has 4 aliphatic carbocycles. The smallest absolute Gasteiger partial charge is 0.187 e. The van der Waals surface area contributed by atoms with Crippen LogP contribution >= 0.6 is 0 Å². The first-order valence-corrected chi connectivity index (χ1v) is 23.7. The lowest BCUT2D eigenvalue weighted by atomic mass is 9.44. The molecule has 1 spiro atoms. The molecular weight excluding hydrogens is 812 g/mol. The van der Waals surface area contributed by atoms with Crippen molar-refractivity contribution in [2.75, 3.05) is 19.8 Å². The maximum atomic E-state index is 12.0. The lowest BCUT2D eigenvalue weighted by Crippen LogP contribution is -2.67. The van der Waals surface area contributed by atoms with Gasteiger partial charge < -0.3 is 83.9 Å². The molecule has 0 bridgehead atoms. The molecule has 0 aromatic carbocycles. The first kappa shape index (κ1) is 46.4. The van der Waals surface area contributed by atoms with Gasteiger partial charge in [0.1, 0.15) is 67.1 Å². The van der Waals surface area contributed by atoms with Crippen molar-refractivity contribution >= 4 is 0 Å². The van der Waals surface area contributed by atoms with Gasteiger partial charge in [-0.3, -0.25) is 0 Å². The second-order valence-corrected chi connectivity index (χ2v) is 21.5. The zero-order valence-corrected chi connectivity index (χ0v) is 36.8. The standard InChI is InChI=1S/C45H74O17/c1-19-8-13-45(55-18-19)20(2)30-27(62-45)15-26-24-7-6-22-14-23(9-11-43(22,4)25(24)10-12-44(26,30)5)57-42-39(61-41-36(53)34(51)32(49)28(16-46)58-41)37(54)38(29(17-47)59-42)60-40-35(52)33(50)31(48)21(3)56-40/h19-42,46-54H,6-18H2,1-5H3/t19-,20-,21-,22+,23-,24+,25+,26+,27-,28+,29+,30-,31-,32+,33+,34-,35+,36+,37-,38+,39+,40-,41-,42+,43-,44-,45+/m0/s1. The number of aliphatic hydroxyl groups excluding tert-OH is 9. The molecule has 17 heteroatoms. The summed E-state index contributed by atoms with van der Waals surface area (Å²) in [6.45, 7) is 10.6. The Morgan fingerprint density at radius 1 is 0.581 bits per heavy atom. The van der Waals surface area contributed by atoms with Gasteiger partial charge in [0.25, 0.3) is 0 Å². The summed E-state index contributed by atoms with van der Waals surface area (Å²) in [4.78, 5) is 0. The molecule has 5 aliphatic heterocycles. The number of ether oxygens (including phenoxy) is 8. The van der Waals surface area contributed by atoms with E-state index in [-0.39, 0.29) is 23.0 Å². The van der Waals surface area contributed by atoms with Gasteiger partial charge in [0, 0.05) is 12.3 Å². The van der Waals surface area contributed by atoms with Crippen molar-refractivity contribution < 1.29 is 83.9 Å². The molecule has 9 fully saturated rings. The molecule has 9 aliphatic rings. The van der Waals surface area contributed by atoms with E-state index in [0.29, 0.717) is 47.8 Å². The van der Waals surface area contributed by atoms with Crippen molar-refractivity contribution in [1.82, 2.24) is 0 Å². The maximum absolute atomic E-state index is 12.0. The van der Waals surface area contributed by atoms with Gasteiger partial charge in [-0.05, 0) is 111 Å². The molecule has 27 atom stereocenters. The molecule has 0 unspecified atom stereocenters. The van der Waals surface area contributed by atoms with E-state index >= 15 is 0 Å². The minimum Gasteiger partial charge on any atom is -0.394 e. The summed E-state index contributed by atoms with van der Waals surface area (Å²) in [6, 6.07) is 0. The quantitative estimate of drug-likeness (QED) is 0.149. The highest BCUT2D eigenvalue weighted by Gasteiger charge is 2.69. The largest absolute Gasteiger partial charge is 0.394 e. The summed E-state index contributed by atoms with van der Waals surface area (Å²) in [5, 5.41) is 95.9. The number of fused-ring (bicyclic) bond motifs is 7. The van der Waals surface area contributed by atoms with E-state index in [1.165, 1.54) is 19.8 Å². The molecule has 5 heterocycles. The minimum absolute atomic E-state index is 0.0972. The Kier molecular flexibility index (Phi) is 13.1. The Morgan fingerprint density at radius 3 is 1.94 bits per heavy atom.